The van der Waals surface area contributed by atoms with Crippen LogP contribution in [0.25, 0.3) is 0 Å². The van der Waals surface area contributed by atoms with Gasteiger partial charge in [-0.1, -0.05) is 25.5 Å². The number of carboxylic acid groups (broad SMARTS) is 1. The molecule has 0 fully saturated rings. The van der Waals surface area contributed by atoms with E-state index in [9.17, 15) is 0 Å². The minimum absolute atomic E-state index is 0.307. The maximum atomic E-state index is 9.00. The summed E-state index contributed by atoms with van der Waals surface area (Å²) in [5.41, 5.74) is 1.34. The smallest absolute Gasteiger partial charge is 0.300 e. The van der Waals surface area contributed by atoms with Gasteiger partial charge in [-0.15, -0.1) is 0 Å². The van der Waals surface area contributed by atoms with Crippen molar-refractivity contribution in [3.8, 4) is 0 Å². The molecule has 0 amide bonds. The van der Waals surface area contributed by atoms with Crippen LogP contribution in [0.4, 0.5) is 0 Å². The van der Waals surface area contributed by atoms with Gasteiger partial charge in [0.05, 0.1) is 0 Å². The standard InChI is InChI=1S/C10H20O.C2H4O2/c1-8(2)5-6-10(7-11)9(3)4;1-2(3)4/h5,9-11H,6-7H2,1-4H3;1H3,(H,3,4). The average molecular weight is 216 g/mol. The minimum atomic E-state index is -0.833. The molecule has 1 unspecified atom stereocenters. The molecule has 2 N–H and O–H groups in total. The first-order chi connectivity index (χ1) is 6.81. The zero-order valence-corrected chi connectivity index (χ0v) is 10.4. The van der Waals surface area contributed by atoms with Crippen LogP contribution in [0.1, 0.15) is 41.0 Å². The number of aliphatic carboxylic acids is 1. The number of aliphatic hydroxyl groups is 1. The topological polar surface area (TPSA) is 57.5 Å². The van der Waals surface area contributed by atoms with Gasteiger partial charge in [-0.3, -0.25) is 4.79 Å². The molecule has 0 heterocycles. The summed E-state index contributed by atoms with van der Waals surface area (Å²) in [6.07, 6.45) is 3.21. The van der Waals surface area contributed by atoms with E-state index in [4.69, 9.17) is 15.0 Å². The monoisotopic (exact) mass is 216 g/mol. The number of aliphatic hydroxyl groups excluding tert-OH is 1. The molecule has 3 heteroatoms. The summed E-state index contributed by atoms with van der Waals surface area (Å²) in [5, 5.41) is 16.4. The van der Waals surface area contributed by atoms with E-state index in [1.807, 2.05) is 0 Å². The van der Waals surface area contributed by atoms with E-state index in [0.717, 1.165) is 13.3 Å². The first-order valence-electron chi connectivity index (χ1n) is 5.25. The number of carboxylic acids is 1. The van der Waals surface area contributed by atoms with Crippen molar-refractivity contribution >= 4 is 5.97 Å². The van der Waals surface area contributed by atoms with Crippen molar-refractivity contribution in [3.05, 3.63) is 11.6 Å². The van der Waals surface area contributed by atoms with Crippen molar-refractivity contribution in [1.82, 2.24) is 0 Å². The quantitative estimate of drug-likeness (QED) is 0.710. The molecule has 0 aliphatic rings. The zero-order chi connectivity index (χ0) is 12.4. The summed E-state index contributed by atoms with van der Waals surface area (Å²) in [6.45, 7) is 9.88. The predicted molar refractivity (Wildman–Crippen MR) is 62.8 cm³/mol. The first kappa shape index (κ1) is 16.6. The molecule has 90 valence electrons. The van der Waals surface area contributed by atoms with Gasteiger partial charge in [-0.2, -0.15) is 0 Å². The highest BCUT2D eigenvalue weighted by Crippen LogP contribution is 2.15. The van der Waals surface area contributed by atoms with Gasteiger partial charge in [0.1, 0.15) is 0 Å². The Morgan fingerprint density at radius 2 is 1.67 bits per heavy atom. The van der Waals surface area contributed by atoms with Crippen molar-refractivity contribution in [3.63, 3.8) is 0 Å². The second kappa shape index (κ2) is 9.71. The van der Waals surface area contributed by atoms with E-state index in [1.165, 1.54) is 5.57 Å². The molecular formula is C12H24O3. The number of hydrogen-bond acceptors (Lipinski definition) is 2. The van der Waals surface area contributed by atoms with Crippen molar-refractivity contribution < 1.29 is 15.0 Å². The minimum Gasteiger partial charge on any atom is -0.481 e. The SMILES string of the molecule is CC(=O)O.CC(C)=CCC(CO)C(C)C. The van der Waals surface area contributed by atoms with Crippen molar-refractivity contribution in [2.24, 2.45) is 11.8 Å². The third kappa shape index (κ3) is 15.9. The molecule has 0 aliphatic heterocycles. The molecule has 0 radical (unpaired) electrons. The zero-order valence-electron chi connectivity index (χ0n) is 10.4. The maximum absolute atomic E-state index is 9.00. The molecule has 0 bridgehead atoms. The van der Waals surface area contributed by atoms with Gasteiger partial charge in [0.2, 0.25) is 0 Å². The van der Waals surface area contributed by atoms with Gasteiger partial charge in [0.15, 0.2) is 0 Å². The lowest BCUT2D eigenvalue weighted by atomic mass is 9.93. The lowest BCUT2D eigenvalue weighted by molar-refractivity contribution is -0.134. The lowest BCUT2D eigenvalue weighted by Gasteiger charge is -2.15. The normalized spacial score (nSPS) is 11.4. The van der Waals surface area contributed by atoms with E-state index in [2.05, 4.69) is 33.8 Å². The van der Waals surface area contributed by atoms with Crippen molar-refractivity contribution in [2.45, 2.75) is 41.0 Å². The third-order valence-electron chi connectivity index (χ3n) is 2.01. The fourth-order valence-corrected chi connectivity index (χ4v) is 0.945. The van der Waals surface area contributed by atoms with Crippen molar-refractivity contribution in [1.29, 1.82) is 0 Å². The van der Waals surface area contributed by atoms with Gasteiger partial charge in [-0.25, -0.2) is 0 Å². The van der Waals surface area contributed by atoms with Crippen LogP contribution >= 0.6 is 0 Å². The second-order valence-corrected chi connectivity index (χ2v) is 4.22. The summed E-state index contributed by atoms with van der Waals surface area (Å²) >= 11 is 0. The highest BCUT2D eigenvalue weighted by atomic mass is 16.4. The van der Waals surface area contributed by atoms with Gasteiger partial charge >= 0.3 is 0 Å². The summed E-state index contributed by atoms with van der Waals surface area (Å²) in [7, 11) is 0. The summed E-state index contributed by atoms with van der Waals surface area (Å²) in [5.74, 6) is 0.181. The Bertz CT molecular complexity index is 187. The van der Waals surface area contributed by atoms with E-state index < -0.39 is 5.97 Å². The number of carbonyl (C=O) groups is 1. The molecule has 0 aliphatic carbocycles. The molecule has 0 aromatic heterocycles. The van der Waals surface area contributed by atoms with E-state index >= 15 is 0 Å². The number of allylic oxidation sites excluding steroid dienone is 2. The van der Waals surface area contributed by atoms with Crippen LogP contribution in [-0.4, -0.2) is 22.8 Å². The van der Waals surface area contributed by atoms with Crippen LogP contribution in [0.2, 0.25) is 0 Å². The first-order valence-corrected chi connectivity index (χ1v) is 5.25. The van der Waals surface area contributed by atoms with Gasteiger partial charge < -0.3 is 10.2 Å². The fraction of sp³-hybridized carbons (Fsp3) is 0.750. The fourth-order valence-electron chi connectivity index (χ4n) is 0.945. The second-order valence-electron chi connectivity index (χ2n) is 4.22. The molecule has 3 nitrogen and oxygen atoms in total. The molecule has 0 saturated carbocycles. The lowest BCUT2D eigenvalue weighted by Crippen LogP contribution is -2.12. The molecular weight excluding hydrogens is 192 g/mol. The maximum Gasteiger partial charge on any atom is 0.300 e. The largest absolute Gasteiger partial charge is 0.481 e. The highest BCUT2D eigenvalue weighted by molar-refractivity contribution is 5.62. The number of rotatable bonds is 4. The predicted octanol–water partition coefficient (Wildman–Crippen LogP) is 2.70. The Kier molecular flexibility index (Phi) is 10.7. The summed E-state index contributed by atoms with van der Waals surface area (Å²) in [4.78, 5) is 9.00. The van der Waals surface area contributed by atoms with E-state index in [0.29, 0.717) is 18.4 Å². The van der Waals surface area contributed by atoms with Gasteiger partial charge in [0.25, 0.3) is 5.97 Å². The molecule has 0 aromatic rings. The third-order valence-corrected chi connectivity index (χ3v) is 2.01. The Morgan fingerprint density at radius 1 is 1.27 bits per heavy atom. The van der Waals surface area contributed by atoms with Crippen molar-refractivity contribution in [2.75, 3.05) is 6.61 Å². The van der Waals surface area contributed by atoms with Crippen LogP contribution in [0.3, 0.4) is 0 Å². The Balaban J connectivity index is 0. The highest BCUT2D eigenvalue weighted by Gasteiger charge is 2.09. The van der Waals surface area contributed by atoms with Crippen LogP contribution < -0.4 is 0 Å². The average Bonchev–Trinajstić information content (AvgIpc) is 2.02. The Labute approximate surface area is 92.8 Å². The number of hydrogen-bond donors (Lipinski definition) is 2. The Hall–Kier alpha value is -0.830. The van der Waals surface area contributed by atoms with E-state index in [-0.39, 0.29) is 0 Å². The molecule has 15 heavy (non-hydrogen) atoms. The van der Waals surface area contributed by atoms with Gasteiger partial charge in [0, 0.05) is 13.5 Å². The Morgan fingerprint density at radius 3 is 1.87 bits per heavy atom. The summed E-state index contributed by atoms with van der Waals surface area (Å²) < 4.78 is 0. The molecule has 0 rings (SSSR count). The van der Waals surface area contributed by atoms with Crippen LogP contribution in [0.15, 0.2) is 11.6 Å². The van der Waals surface area contributed by atoms with Crippen LogP contribution in [0.5, 0.6) is 0 Å². The molecule has 0 saturated heterocycles. The van der Waals surface area contributed by atoms with Crippen LogP contribution in [-0.2, 0) is 4.79 Å². The molecule has 0 spiro atoms. The van der Waals surface area contributed by atoms with Crippen LogP contribution in [0, 0.1) is 11.8 Å². The molecule has 1 atom stereocenters. The summed E-state index contributed by atoms with van der Waals surface area (Å²) in [6, 6.07) is 0. The van der Waals surface area contributed by atoms with E-state index in [1.54, 1.807) is 0 Å². The molecule has 0 aromatic carbocycles. The van der Waals surface area contributed by atoms with Gasteiger partial charge in [-0.05, 0) is 32.1 Å².